The lowest BCUT2D eigenvalue weighted by Gasteiger charge is -2.26. The van der Waals surface area contributed by atoms with Gasteiger partial charge in [0.1, 0.15) is 0 Å². The zero-order chi connectivity index (χ0) is 13.7. The number of carboxylic acid groups (broad SMARTS) is 1. The van der Waals surface area contributed by atoms with E-state index in [1.807, 2.05) is 6.92 Å². The average Bonchev–Trinajstić information content (AvgIpc) is 2.70. The first kappa shape index (κ1) is 14.2. The predicted molar refractivity (Wildman–Crippen MR) is 73.9 cm³/mol. The maximum absolute atomic E-state index is 10.7. The zero-order valence-corrected chi connectivity index (χ0v) is 11.8. The molecule has 19 heavy (non-hydrogen) atoms. The second kappa shape index (κ2) is 6.83. The summed E-state index contributed by atoms with van der Waals surface area (Å²) in [7, 11) is 0. The highest BCUT2D eigenvalue weighted by molar-refractivity contribution is 7.15. The molecule has 0 bridgehead atoms. The number of carboxylic acids is 1. The van der Waals surface area contributed by atoms with E-state index in [2.05, 4.69) is 15.2 Å². The van der Waals surface area contributed by atoms with Crippen LogP contribution in [-0.2, 0) is 16.0 Å². The van der Waals surface area contributed by atoms with Gasteiger partial charge in [-0.1, -0.05) is 0 Å². The summed E-state index contributed by atoms with van der Waals surface area (Å²) < 4.78 is 5.29. The molecule has 0 amide bonds. The Labute approximate surface area is 116 Å². The minimum atomic E-state index is -0.813. The number of hydrogen-bond donors (Lipinski definition) is 2. The topological polar surface area (TPSA) is 74.7 Å². The highest BCUT2D eigenvalue weighted by Crippen LogP contribution is 2.22. The Morgan fingerprint density at radius 2 is 2.26 bits per heavy atom. The van der Waals surface area contributed by atoms with E-state index in [9.17, 15) is 4.79 Å². The Balaban J connectivity index is 1.77. The number of ether oxygens (including phenoxy) is 1. The summed E-state index contributed by atoms with van der Waals surface area (Å²) in [6, 6.07) is 0. The van der Waals surface area contributed by atoms with Crippen molar-refractivity contribution in [2.75, 3.05) is 44.7 Å². The molecule has 1 aliphatic heterocycles. The quantitative estimate of drug-likeness (QED) is 0.806. The van der Waals surface area contributed by atoms with Crippen LogP contribution >= 0.6 is 11.3 Å². The van der Waals surface area contributed by atoms with E-state index >= 15 is 0 Å². The Kier molecular flexibility index (Phi) is 5.12. The van der Waals surface area contributed by atoms with Crippen molar-refractivity contribution in [2.24, 2.45) is 0 Å². The van der Waals surface area contributed by atoms with Crippen LogP contribution < -0.4 is 5.32 Å². The Hall–Kier alpha value is -1.18. The van der Waals surface area contributed by atoms with Crippen LogP contribution in [0, 0.1) is 6.92 Å². The van der Waals surface area contributed by atoms with Crippen molar-refractivity contribution in [3.63, 3.8) is 0 Å². The molecule has 0 radical (unpaired) electrons. The maximum Gasteiger partial charge on any atom is 0.308 e. The molecule has 2 heterocycles. The van der Waals surface area contributed by atoms with Crippen LogP contribution in [0.25, 0.3) is 0 Å². The molecular formula is C12H19N3O3S. The SMILES string of the molecule is Cc1nc(NCCN2CCOCC2)sc1CC(=O)O. The number of rotatable bonds is 6. The molecule has 0 saturated carbocycles. The summed E-state index contributed by atoms with van der Waals surface area (Å²) in [5.41, 5.74) is 0.807. The predicted octanol–water partition coefficient (Wildman–Crippen LogP) is 0.823. The number of hydrogen-bond acceptors (Lipinski definition) is 6. The molecule has 7 heteroatoms. The van der Waals surface area contributed by atoms with Crippen LogP contribution in [-0.4, -0.2) is 60.4 Å². The van der Waals surface area contributed by atoms with Gasteiger partial charge in [0.15, 0.2) is 5.13 Å². The van der Waals surface area contributed by atoms with Crippen molar-refractivity contribution >= 4 is 22.4 Å². The molecule has 1 aliphatic rings. The van der Waals surface area contributed by atoms with Gasteiger partial charge in [-0.3, -0.25) is 9.69 Å². The summed E-state index contributed by atoms with van der Waals surface area (Å²) >= 11 is 1.43. The molecule has 0 spiro atoms. The molecule has 1 aromatic rings. The fourth-order valence-electron chi connectivity index (χ4n) is 1.95. The molecule has 1 aromatic heterocycles. The first-order valence-electron chi connectivity index (χ1n) is 6.37. The Morgan fingerprint density at radius 3 is 2.95 bits per heavy atom. The first-order chi connectivity index (χ1) is 9.15. The van der Waals surface area contributed by atoms with Crippen molar-refractivity contribution in [2.45, 2.75) is 13.3 Å². The van der Waals surface area contributed by atoms with Crippen molar-refractivity contribution < 1.29 is 14.6 Å². The van der Waals surface area contributed by atoms with Crippen molar-refractivity contribution in [1.29, 1.82) is 0 Å². The first-order valence-corrected chi connectivity index (χ1v) is 7.19. The van der Waals surface area contributed by atoms with Crippen LogP contribution in [0.5, 0.6) is 0 Å². The van der Waals surface area contributed by atoms with E-state index in [0.717, 1.165) is 55.1 Å². The normalized spacial score (nSPS) is 16.5. The van der Waals surface area contributed by atoms with Crippen LogP contribution in [0.1, 0.15) is 10.6 Å². The second-order valence-electron chi connectivity index (χ2n) is 4.48. The standard InChI is InChI=1S/C12H19N3O3S/c1-9-10(8-11(16)17)19-12(14-9)13-2-3-15-4-6-18-7-5-15/h2-8H2,1H3,(H,13,14)(H,16,17). The number of carbonyl (C=O) groups is 1. The van der Waals surface area contributed by atoms with E-state index in [0.29, 0.717) is 0 Å². The minimum Gasteiger partial charge on any atom is -0.481 e. The third kappa shape index (κ3) is 4.45. The molecule has 2 rings (SSSR count). The third-order valence-corrected chi connectivity index (χ3v) is 4.13. The van der Waals surface area contributed by atoms with E-state index in [1.165, 1.54) is 11.3 Å². The van der Waals surface area contributed by atoms with Crippen molar-refractivity contribution in [1.82, 2.24) is 9.88 Å². The van der Waals surface area contributed by atoms with Gasteiger partial charge in [-0.2, -0.15) is 0 Å². The number of morpholine rings is 1. The largest absolute Gasteiger partial charge is 0.481 e. The summed E-state index contributed by atoms with van der Waals surface area (Å²) in [6.45, 7) is 7.18. The molecule has 6 nitrogen and oxygen atoms in total. The smallest absolute Gasteiger partial charge is 0.308 e. The minimum absolute atomic E-state index is 0.0502. The van der Waals surface area contributed by atoms with Crippen LogP contribution in [0.15, 0.2) is 0 Å². The molecule has 0 aliphatic carbocycles. The summed E-state index contributed by atoms with van der Waals surface area (Å²) in [6.07, 6.45) is 0.0502. The highest BCUT2D eigenvalue weighted by atomic mass is 32.1. The number of aliphatic carboxylic acids is 1. The lowest BCUT2D eigenvalue weighted by molar-refractivity contribution is -0.136. The molecule has 0 atom stereocenters. The summed E-state index contributed by atoms with van der Waals surface area (Å²) in [5, 5.41) is 12.9. The molecule has 1 fully saturated rings. The number of aromatic nitrogens is 1. The molecule has 0 unspecified atom stereocenters. The fourth-order valence-corrected chi connectivity index (χ4v) is 2.93. The third-order valence-electron chi connectivity index (χ3n) is 3.01. The lowest BCUT2D eigenvalue weighted by atomic mass is 10.3. The molecular weight excluding hydrogens is 266 g/mol. The van der Waals surface area contributed by atoms with Gasteiger partial charge in [-0.05, 0) is 6.92 Å². The maximum atomic E-state index is 10.7. The van der Waals surface area contributed by atoms with Crippen LogP contribution in [0.4, 0.5) is 5.13 Å². The number of thiazole rings is 1. The van der Waals surface area contributed by atoms with Crippen LogP contribution in [0.3, 0.4) is 0 Å². The second-order valence-corrected chi connectivity index (χ2v) is 5.56. The van der Waals surface area contributed by atoms with E-state index < -0.39 is 5.97 Å². The van der Waals surface area contributed by atoms with Gasteiger partial charge in [-0.15, -0.1) is 11.3 Å². The summed E-state index contributed by atoms with van der Waals surface area (Å²) in [4.78, 5) is 18.2. The summed E-state index contributed by atoms with van der Waals surface area (Å²) in [5.74, 6) is -0.813. The molecule has 1 saturated heterocycles. The van der Waals surface area contributed by atoms with E-state index in [-0.39, 0.29) is 6.42 Å². The monoisotopic (exact) mass is 285 g/mol. The van der Waals surface area contributed by atoms with Gasteiger partial charge >= 0.3 is 5.97 Å². The van der Waals surface area contributed by atoms with E-state index in [1.54, 1.807) is 0 Å². The molecule has 106 valence electrons. The number of nitrogens with zero attached hydrogens (tertiary/aromatic N) is 2. The van der Waals surface area contributed by atoms with Gasteiger partial charge < -0.3 is 15.2 Å². The average molecular weight is 285 g/mol. The van der Waals surface area contributed by atoms with E-state index in [4.69, 9.17) is 9.84 Å². The van der Waals surface area contributed by atoms with Gasteiger partial charge in [0.2, 0.25) is 0 Å². The molecule has 0 aromatic carbocycles. The van der Waals surface area contributed by atoms with Gasteiger partial charge in [-0.25, -0.2) is 4.98 Å². The Bertz CT molecular complexity index is 430. The van der Waals surface area contributed by atoms with Crippen molar-refractivity contribution in [3.05, 3.63) is 10.6 Å². The number of anilines is 1. The molecule has 2 N–H and O–H groups in total. The van der Waals surface area contributed by atoms with Gasteiger partial charge in [0.25, 0.3) is 0 Å². The fraction of sp³-hybridized carbons (Fsp3) is 0.667. The zero-order valence-electron chi connectivity index (χ0n) is 11.0. The number of aryl methyl sites for hydroxylation is 1. The van der Waals surface area contributed by atoms with Gasteiger partial charge in [0.05, 0.1) is 25.3 Å². The Morgan fingerprint density at radius 1 is 1.53 bits per heavy atom. The van der Waals surface area contributed by atoms with Crippen LogP contribution in [0.2, 0.25) is 0 Å². The van der Waals surface area contributed by atoms with Gasteiger partial charge in [0, 0.05) is 31.1 Å². The van der Waals surface area contributed by atoms with Crippen molar-refractivity contribution in [3.8, 4) is 0 Å². The number of nitrogens with one attached hydrogen (secondary N) is 1. The lowest BCUT2D eigenvalue weighted by Crippen LogP contribution is -2.38. The highest BCUT2D eigenvalue weighted by Gasteiger charge is 2.12.